The molecule has 0 radical (unpaired) electrons. The van der Waals surface area contributed by atoms with Gasteiger partial charge in [0, 0.05) is 30.4 Å². The quantitative estimate of drug-likeness (QED) is 0.656. The molecule has 0 aliphatic rings. The van der Waals surface area contributed by atoms with Crippen LogP contribution < -0.4 is 4.90 Å². The van der Waals surface area contributed by atoms with Gasteiger partial charge in [-0.1, -0.05) is 18.2 Å². The number of nitro benzene ring substituents is 1. The van der Waals surface area contributed by atoms with Crippen molar-refractivity contribution >= 4 is 11.4 Å². The van der Waals surface area contributed by atoms with E-state index in [0.29, 0.717) is 12.1 Å². The first-order valence-corrected chi connectivity index (χ1v) is 6.45. The van der Waals surface area contributed by atoms with Gasteiger partial charge in [0.05, 0.1) is 17.6 Å². The van der Waals surface area contributed by atoms with Crippen molar-refractivity contribution in [2.45, 2.75) is 6.54 Å². The molecule has 0 saturated heterocycles. The number of non-ortho nitro benzene ring substituents is 1. The number of nitrogens with zero attached hydrogens (tertiary/aromatic N) is 2. The maximum Gasteiger partial charge on any atom is 0.272 e. The van der Waals surface area contributed by atoms with Crippen LogP contribution >= 0.6 is 0 Å². The van der Waals surface area contributed by atoms with Gasteiger partial charge in [-0.3, -0.25) is 10.1 Å². The topological polar surface area (TPSA) is 66.6 Å². The second-order valence-corrected chi connectivity index (χ2v) is 4.51. The summed E-state index contributed by atoms with van der Waals surface area (Å²) in [7, 11) is 0. The van der Waals surface area contributed by atoms with Gasteiger partial charge in [-0.25, -0.2) is 4.39 Å². The van der Waals surface area contributed by atoms with Crippen molar-refractivity contribution in [2.24, 2.45) is 0 Å². The summed E-state index contributed by atoms with van der Waals surface area (Å²) in [5, 5.41) is 19.7. The lowest BCUT2D eigenvalue weighted by molar-refractivity contribution is -0.385. The number of rotatable bonds is 6. The number of aliphatic hydroxyl groups is 1. The first-order chi connectivity index (χ1) is 10.1. The minimum Gasteiger partial charge on any atom is -0.395 e. The van der Waals surface area contributed by atoms with Crippen LogP contribution in [0.1, 0.15) is 5.56 Å². The van der Waals surface area contributed by atoms with Gasteiger partial charge in [0.15, 0.2) is 0 Å². The smallest absolute Gasteiger partial charge is 0.272 e. The van der Waals surface area contributed by atoms with Crippen molar-refractivity contribution in [3.8, 4) is 0 Å². The summed E-state index contributed by atoms with van der Waals surface area (Å²) in [6, 6.07) is 12.9. The molecule has 2 aromatic carbocycles. The van der Waals surface area contributed by atoms with Gasteiger partial charge >= 0.3 is 0 Å². The van der Waals surface area contributed by atoms with Crippen LogP contribution in [0, 0.1) is 15.9 Å². The predicted octanol–water partition coefficient (Wildman–Crippen LogP) is 2.73. The van der Waals surface area contributed by atoms with E-state index in [1.54, 1.807) is 0 Å². The summed E-state index contributed by atoms with van der Waals surface area (Å²) in [4.78, 5) is 11.8. The van der Waals surface area contributed by atoms with Gasteiger partial charge in [-0.05, 0) is 18.2 Å². The van der Waals surface area contributed by atoms with Crippen LogP contribution in [-0.4, -0.2) is 23.2 Å². The summed E-state index contributed by atoms with van der Waals surface area (Å²) in [6.45, 7) is 0.512. The van der Waals surface area contributed by atoms with Gasteiger partial charge in [0.1, 0.15) is 5.82 Å². The van der Waals surface area contributed by atoms with Crippen LogP contribution in [0.3, 0.4) is 0 Å². The van der Waals surface area contributed by atoms with Crippen LogP contribution in [0.25, 0.3) is 0 Å². The zero-order valence-corrected chi connectivity index (χ0v) is 11.3. The average Bonchev–Trinajstić information content (AvgIpc) is 2.49. The molecule has 0 saturated carbocycles. The Balaban J connectivity index is 2.23. The second-order valence-electron chi connectivity index (χ2n) is 4.51. The number of hydrogen-bond donors (Lipinski definition) is 1. The van der Waals surface area contributed by atoms with E-state index in [-0.39, 0.29) is 18.8 Å². The molecule has 0 aliphatic carbocycles. The van der Waals surface area contributed by atoms with Crippen molar-refractivity contribution in [2.75, 3.05) is 18.1 Å². The number of hydrogen-bond acceptors (Lipinski definition) is 4. The number of halogens is 1. The van der Waals surface area contributed by atoms with E-state index in [1.165, 1.54) is 12.1 Å². The molecule has 0 unspecified atom stereocenters. The maximum absolute atomic E-state index is 13.9. The van der Waals surface area contributed by atoms with Crippen LogP contribution in [0.2, 0.25) is 0 Å². The van der Waals surface area contributed by atoms with Crippen LogP contribution in [0.5, 0.6) is 0 Å². The van der Waals surface area contributed by atoms with E-state index in [4.69, 9.17) is 5.11 Å². The molecule has 0 aromatic heterocycles. The monoisotopic (exact) mass is 290 g/mol. The van der Waals surface area contributed by atoms with Gasteiger partial charge in [0.25, 0.3) is 5.69 Å². The Bertz CT molecular complexity index is 620. The molecule has 21 heavy (non-hydrogen) atoms. The van der Waals surface area contributed by atoms with E-state index < -0.39 is 10.7 Å². The summed E-state index contributed by atoms with van der Waals surface area (Å²) >= 11 is 0. The fraction of sp³-hybridized carbons (Fsp3) is 0.200. The lowest BCUT2D eigenvalue weighted by Crippen LogP contribution is -2.26. The Morgan fingerprint density at radius 3 is 2.48 bits per heavy atom. The van der Waals surface area contributed by atoms with Crippen molar-refractivity contribution in [1.82, 2.24) is 0 Å². The van der Waals surface area contributed by atoms with Gasteiger partial charge < -0.3 is 10.0 Å². The van der Waals surface area contributed by atoms with E-state index in [2.05, 4.69) is 0 Å². The number of nitro groups is 1. The van der Waals surface area contributed by atoms with Gasteiger partial charge in [-0.2, -0.15) is 0 Å². The molecule has 1 N–H and O–H groups in total. The molecule has 0 bridgehead atoms. The lowest BCUT2D eigenvalue weighted by atomic mass is 10.1. The average molecular weight is 290 g/mol. The largest absolute Gasteiger partial charge is 0.395 e. The Hall–Kier alpha value is -2.47. The van der Waals surface area contributed by atoms with Gasteiger partial charge in [-0.15, -0.1) is 0 Å². The first kappa shape index (κ1) is 14.9. The third-order valence-electron chi connectivity index (χ3n) is 3.10. The van der Waals surface area contributed by atoms with Crippen LogP contribution in [-0.2, 0) is 6.54 Å². The number of anilines is 1. The minimum atomic E-state index is -0.629. The van der Waals surface area contributed by atoms with Crippen molar-refractivity contribution in [3.05, 3.63) is 70.0 Å². The Morgan fingerprint density at radius 1 is 1.19 bits per heavy atom. The summed E-state index contributed by atoms with van der Waals surface area (Å²) < 4.78 is 13.9. The first-order valence-electron chi connectivity index (χ1n) is 6.45. The van der Waals surface area contributed by atoms with E-state index in [9.17, 15) is 14.5 Å². The number of para-hydroxylation sites is 1. The molecule has 0 amide bonds. The molecular formula is C15H15FN2O3. The maximum atomic E-state index is 13.9. The lowest BCUT2D eigenvalue weighted by Gasteiger charge is -2.24. The third kappa shape index (κ3) is 3.76. The highest BCUT2D eigenvalue weighted by Gasteiger charge is 2.14. The molecule has 2 rings (SSSR count). The Morgan fingerprint density at radius 2 is 1.90 bits per heavy atom. The highest BCUT2D eigenvalue weighted by atomic mass is 19.1. The summed E-state index contributed by atoms with van der Waals surface area (Å²) in [6.07, 6.45) is 0. The molecule has 0 spiro atoms. The van der Waals surface area contributed by atoms with Crippen LogP contribution in [0.15, 0.2) is 48.5 Å². The zero-order chi connectivity index (χ0) is 15.2. The van der Waals surface area contributed by atoms with E-state index >= 15 is 0 Å². The molecule has 5 nitrogen and oxygen atoms in total. The van der Waals surface area contributed by atoms with Crippen molar-refractivity contribution in [3.63, 3.8) is 0 Å². The molecule has 110 valence electrons. The van der Waals surface area contributed by atoms with E-state index in [1.807, 2.05) is 35.2 Å². The third-order valence-corrected chi connectivity index (χ3v) is 3.10. The molecule has 0 heterocycles. The highest BCUT2D eigenvalue weighted by molar-refractivity contribution is 5.47. The molecule has 0 atom stereocenters. The highest BCUT2D eigenvalue weighted by Crippen LogP contribution is 2.21. The fourth-order valence-corrected chi connectivity index (χ4v) is 2.04. The molecule has 6 heteroatoms. The van der Waals surface area contributed by atoms with Crippen molar-refractivity contribution < 1.29 is 14.4 Å². The van der Waals surface area contributed by atoms with Crippen molar-refractivity contribution in [1.29, 1.82) is 0 Å². The molecular weight excluding hydrogens is 275 g/mol. The van der Waals surface area contributed by atoms with Crippen LogP contribution in [0.4, 0.5) is 15.8 Å². The SMILES string of the molecule is O=[N+]([O-])c1ccc(CN(CCO)c2ccccc2)c(F)c1. The summed E-state index contributed by atoms with van der Waals surface area (Å²) in [5.74, 6) is -0.622. The van der Waals surface area contributed by atoms with E-state index in [0.717, 1.165) is 11.8 Å². The number of benzene rings is 2. The summed E-state index contributed by atoms with van der Waals surface area (Å²) in [5.41, 5.74) is 0.923. The number of aliphatic hydroxyl groups excluding tert-OH is 1. The second kappa shape index (κ2) is 6.81. The predicted molar refractivity (Wildman–Crippen MR) is 77.6 cm³/mol. The van der Waals surface area contributed by atoms with Gasteiger partial charge in [0.2, 0.25) is 0 Å². The molecule has 2 aromatic rings. The Labute approximate surface area is 121 Å². The standard InChI is InChI=1S/C15H15FN2O3/c16-15-10-14(18(20)21)7-6-12(15)11-17(8-9-19)13-4-2-1-3-5-13/h1-7,10,19H,8-9,11H2. The molecule has 0 aliphatic heterocycles. The minimum absolute atomic E-state index is 0.0660. The fourth-order valence-electron chi connectivity index (χ4n) is 2.04. The normalized spacial score (nSPS) is 10.4. The Kier molecular flexibility index (Phi) is 4.84. The zero-order valence-electron chi connectivity index (χ0n) is 11.3. The molecule has 0 fully saturated rings.